The average Bonchev–Trinajstić information content (AvgIpc) is 4.04. The molecule has 0 fully saturated rings. The highest BCUT2D eigenvalue weighted by Crippen LogP contribution is 2.46. The molecule has 0 bridgehead atoms. The fourth-order valence-electron chi connectivity index (χ4n) is 11.1. The van der Waals surface area contributed by atoms with Crippen molar-refractivity contribution in [3.05, 3.63) is 271 Å². The summed E-state index contributed by atoms with van der Waals surface area (Å²) in [6.45, 7) is 10.4. The summed E-state index contributed by atoms with van der Waals surface area (Å²) in [5.41, 5.74) is 17.6. The summed E-state index contributed by atoms with van der Waals surface area (Å²) in [6.07, 6.45) is -4.49. The molecule has 2 aromatic heterocycles. The normalized spacial score (nSPS) is 11.7. The third kappa shape index (κ3) is 7.94. The number of halogens is 3. The molecule has 0 unspecified atom stereocenters. The fraction of sp³-hybridized carbons (Fsp3) is 0.0290. The molecular weight excluding hydrogens is 928 g/mol. The zero-order valence-corrected chi connectivity index (χ0v) is 40.6. The number of rotatable bonds is 8. The molecule has 0 spiro atoms. The first-order chi connectivity index (χ1) is 36.7. The van der Waals surface area contributed by atoms with Gasteiger partial charge in [-0.15, -0.1) is 0 Å². The predicted octanol–water partition coefficient (Wildman–Crippen LogP) is 19.8. The molecule has 6 heteroatoms. The van der Waals surface area contributed by atoms with Crippen LogP contribution in [0.3, 0.4) is 0 Å². The molecule has 0 N–H and O–H groups in total. The van der Waals surface area contributed by atoms with Crippen LogP contribution in [0.4, 0.5) is 18.9 Å². The molecule has 0 aliphatic heterocycles. The van der Waals surface area contributed by atoms with Crippen LogP contribution >= 0.6 is 0 Å². The molecular formula is C69H44F3N3. The summed E-state index contributed by atoms with van der Waals surface area (Å²) in [6, 6.07) is 84.0. The van der Waals surface area contributed by atoms with Gasteiger partial charge >= 0.3 is 6.18 Å². The topological polar surface area (TPSA) is 14.2 Å². The third-order valence-corrected chi connectivity index (χ3v) is 14.7. The molecule has 0 aliphatic rings. The summed E-state index contributed by atoms with van der Waals surface area (Å²) < 4.78 is 46.8. The Morgan fingerprint density at radius 2 is 0.760 bits per heavy atom. The van der Waals surface area contributed by atoms with E-state index >= 15 is 0 Å². The Morgan fingerprint density at radius 1 is 0.347 bits per heavy atom. The molecule has 0 saturated carbocycles. The Kier molecular flexibility index (Phi) is 10.9. The highest BCUT2D eigenvalue weighted by atomic mass is 19.4. The second kappa shape index (κ2) is 18.1. The van der Waals surface area contributed by atoms with Crippen molar-refractivity contribution in [2.24, 2.45) is 0 Å². The first-order valence-corrected chi connectivity index (χ1v) is 24.9. The number of alkyl halides is 3. The van der Waals surface area contributed by atoms with Gasteiger partial charge < -0.3 is 9.13 Å². The van der Waals surface area contributed by atoms with Gasteiger partial charge in [0, 0.05) is 27.2 Å². The number of hydrogen-bond acceptors (Lipinski definition) is 0. The molecule has 2 heterocycles. The Labute approximate surface area is 432 Å². The van der Waals surface area contributed by atoms with Gasteiger partial charge in [0.05, 0.1) is 39.9 Å². The average molecular weight is 972 g/mol. The van der Waals surface area contributed by atoms with Gasteiger partial charge in [0.25, 0.3) is 0 Å². The first-order valence-electron chi connectivity index (χ1n) is 24.9. The molecule has 13 rings (SSSR count). The van der Waals surface area contributed by atoms with E-state index in [9.17, 15) is 13.2 Å². The quantitative estimate of drug-likeness (QED) is 0.135. The highest BCUT2D eigenvalue weighted by Gasteiger charge is 2.31. The van der Waals surface area contributed by atoms with Crippen molar-refractivity contribution in [1.82, 2.24) is 9.13 Å². The van der Waals surface area contributed by atoms with Crippen LogP contribution < -0.4 is 0 Å². The van der Waals surface area contributed by atoms with Crippen LogP contribution in [0, 0.1) is 13.5 Å². The number of hydrogen-bond donors (Lipinski definition) is 0. The monoisotopic (exact) mass is 971 g/mol. The highest BCUT2D eigenvalue weighted by molar-refractivity contribution is 6.14. The van der Waals surface area contributed by atoms with Gasteiger partial charge in [0.15, 0.2) is 5.69 Å². The number of aryl methyl sites for hydroxylation is 1. The lowest BCUT2D eigenvalue weighted by molar-refractivity contribution is -0.137. The Morgan fingerprint density at radius 3 is 1.16 bits per heavy atom. The van der Waals surface area contributed by atoms with E-state index in [1.165, 1.54) is 6.07 Å². The molecule has 0 atom stereocenters. The lowest BCUT2D eigenvalue weighted by Crippen LogP contribution is -2.05. The summed E-state index contributed by atoms with van der Waals surface area (Å²) in [4.78, 5) is 4.19. The summed E-state index contributed by atoms with van der Waals surface area (Å²) in [5.74, 6) is 0. The van der Waals surface area contributed by atoms with Gasteiger partial charge in [-0.2, -0.15) is 13.2 Å². The largest absolute Gasteiger partial charge is 0.416 e. The Bertz CT molecular complexity index is 4200. The van der Waals surface area contributed by atoms with E-state index in [0.29, 0.717) is 22.4 Å². The number of fused-ring (bicyclic) bond motifs is 6. The summed E-state index contributed by atoms with van der Waals surface area (Å²) in [7, 11) is 0. The lowest BCUT2D eigenvalue weighted by Gasteiger charge is -2.19. The van der Waals surface area contributed by atoms with E-state index in [2.05, 4.69) is 202 Å². The van der Waals surface area contributed by atoms with Gasteiger partial charge in [-0.3, -0.25) is 0 Å². The lowest BCUT2D eigenvalue weighted by atomic mass is 9.93. The Balaban J connectivity index is 1.08. The molecule has 356 valence electrons. The molecule has 13 aromatic rings. The summed E-state index contributed by atoms with van der Waals surface area (Å²) in [5, 5.41) is 4.31. The van der Waals surface area contributed by atoms with E-state index in [4.69, 9.17) is 6.57 Å². The smallest absolute Gasteiger partial charge is 0.309 e. The van der Waals surface area contributed by atoms with Gasteiger partial charge in [-0.1, -0.05) is 164 Å². The molecule has 0 radical (unpaired) electrons. The van der Waals surface area contributed by atoms with Crippen molar-refractivity contribution in [3.8, 4) is 78.1 Å². The standard InChI is InChI=1S/C69H44F3N3/c1-44-37-54(69(70,71)72)28-30-56(44)53-27-36-66(75-67-34-25-51(47-19-11-5-12-20-47)40-61(67)62-41-52(26-35-68(62)75)48-21-13-6-14-22-48)58(42-53)57-43-55(29-31-63(57)73-2)74-64-32-23-49(45-15-7-3-8-16-45)38-59(64)60-39-50(24-33-65(60)74)46-17-9-4-10-18-46/h3-43H,1H3. The number of benzene rings is 11. The van der Waals surface area contributed by atoms with Crippen LogP contribution in [0.25, 0.3) is 127 Å². The molecule has 11 aromatic carbocycles. The fourth-order valence-corrected chi connectivity index (χ4v) is 11.1. The van der Waals surface area contributed by atoms with Crippen molar-refractivity contribution in [1.29, 1.82) is 0 Å². The second-order valence-electron chi connectivity index (χ2n) is 19.1. The maximum absolute atomic E-state index is 14.1. The minimum atomic E-state index is -4.49. The zero-order valence-electron chi connectivity index (χ0n) is 40.6. The number of nitrogens with zero attached hydrogens (tertiary/aromatic N) is 3. The van der Waals surface area contributed by atoms with Crippen LogP contribution in [0.2, 0.25) is 0 Å². The van der Waals surface area contributed by atoms with Gasteiger partial charge in [0.1, 0.15) is 0 Å². The molecule has 0 aliphatic carbocycles. The van der Waals surface area contributed by atoms with E-state index in [1.807, 2.05) is 42.5 Å². The third-order valence-electron chi connectivity index (χ3n) is 14.7. The maximum Gasteiger partial charge on any atom is 0.416 e. The predicted molar refractivity (Wildman–Crippen MR) is 304 cm³/mol. The molecule has 0 amide bonds. The van der Waals surface area contributed by atoms with Crippen molar-refractivity contribution in [2.45, 2.75) is 13.1 Å². The van der Waals surface area contributed by atoms with Crippen LogP contribution in [0.5, 0.6) is 0 Å². The van der Waals surface area contributed by atoms with Crippen LogP contribution in [0.1, 0.15) is 11.1 Å². The zero-order chi connectivity index (χ0) is 50.8. The van der Waals surface area contributed by atoms with Gasteiger partial charge in [0.2, 0.25) is 0 Å². The van der Waals surface area contributed by atoms with Crippen molar-refractivity contribution >= 4 is 49.3 Å². The van der Waals surface area contributed by atoms with E-state index in [0.717, 1.165) is 117 Å². The van der Waals surface area contributed by atoms with Gasteiger partial charge in [-0.25, -0.2) is 4.85 Å². The van der Waals surface area contributed by atoms with Crippen LogP contribution in [-0.2, 0) is 6.18 Å². The molecule has 3 nitrogen and oxygen atoms in total. The minimum absolute atomic E-state index is 0.443. The molecule has 75 heavy (non-hydrogen) atoms. The summed E-state index contributed by atoms with van der Waals surface area (Å²) >= 11 is 0. The van der Waals surface area contributed by atoms with Crippen molar-refractivity contribution in [3.63, 3.8) is 0 Å². The maximum atomic E-state index is 14.1. The minimum Gasteiger partial charge on any atom is -0.309 e. The molecule has 0 saturated heterocycles. The Hall–Kier alpha value is -9.70. The first kappa shape index (κ1) is 45.2. The van der Waals surface area contributed by atoms with Crippen LogP contribution in [-0.4, -0.2) is 9.13 Å². The van der Waals surface area contributed by atoms with Crippen molar-refractivity contribution in [2.75, 3.05) is 0 Å². The van der Waals surface area contributed by atoms with E-state index in [-0.39, 0.29) is 0 Å². The van der Waals surface area contributed by atoms with Crippen LogP contribution in [0.15, 0.2) is 249 Å². The van der Waals surface area contributed by atoms with Gasteiger partial charge in [-0.05, 0) is 164 Å². The van der Waals surface area contributed by atoms with Crippen molar-refractivity contribution < 1.29 is 13.2 Å². The van der Waals surface area contributed by atoms with E-state index in [1.54, 1.807) is 13.0 Å². The number of aromatic nitrogens is 2. The second-order valence-corrected chi connectivity index (χ2v) is 19.1. The van der Waals surface area contributed by atoms with E-state index < -0.39 is 11.7 Å². The SMILES string of the molecule is [C-]#[N+]c1ccc(-n2c3ccc(-c4ccccc4)cc3c3cc(-c4ccccc4)ccc32)cc1-c1cc(-c2ccc(C(F)(F)F)cc2C)ccc1-n1c2ccc(-c3ccccc3)cc2c2cc(-c3ccccc3)ccc21.